The van der Waals surface area contributed by atoms with Crippen molar-refractivity contribution in [1.82, 2.24) is 14.8 Å². The number of carbonyl (C=O) groups excluding carboxylic acids is 1. The number of rotatable bonds is 5. The normalized spacial score (nSPS) is 16.7. The third-order valence-corrected chi connectivity index (χ3v) is 6.67. The molecule has 0 aliphatic carbocycles. The molecule has 3 aromatic rings. The molecular formula is C20H20BrFN4O2S. The maximum absolute atomic E-state index is 13.9. The molecular weight excluding hydrogens is 459 g/mol. The molecule has 152 valence electrons. The lowest BCUT2D eigenvalue weighted by Crippen LogP contribution is -2.15. The number of halogens is 2. The predicted molar refractivity (Wildman–Crippen MR) is 113 cm³/mol. The molecule has 1 atom stereocenters. The molecule has 1 unspecified atom stereocenters. The highest BCUT2D eigenvalue weighted by molar-refractivity contribution is 9.10. The zero-order chi connectivity index (χ0) is 20.4. The van der Waals surface area contributed by atoms with Crippen LogP contribution in [-0.4, -0.2) is 33.9 Å². The Kier molecular flexibility index (Phi) is 6.07. The molecule has 1 aliphatic heterocycles. The summed E-state index contributed by atoms with van der Waals surface area (Å²) in [6.07, 6.45) is 3.75. The first-order valence-corrected chi connectivity index (χ1v) is 10.9. The summed E-state index contributed by atoms with van der Waals surface area (Å²) in [5.74, 6) is 0.103. The van der Waals surface area contributed by atoms with Crippen LogP contribution in [0.25, 0.3) is 0 Å². The van der Waals surface area contributed by atoms with Gasteiger partial charge in [0.15, 0.2) is 5.82 Å². The zero-order valence-corrected chi connectivity index (χ0v) is 18.2. The number of thiazole rings is 1. The molecule has 1 fully saturated rings. The van der Waals surface area contributed by atoms with E-state index in [-0.39, 0.29) is 24.2 Å². The number of nitrogens with one attached hydrogen (secondary N) is 1. The van der Waals surface area contributed by atoms with Crippen LogP contribution in [0.5, 0.6) is 0 Å². The standard InChI is InChI=1S/C20H20BrFN4O2S/c1-12-17(29-20(23-12)14-6-4-8-28-11-14)19(27)24-18-15(21)10-26(25-18)9-13-5-2-3-7-16(13)22/h2-3,5,7,10,14H,4,6,8-9,11H2,1H3,(H,24,25,27). The Morgan fingerprint density at radius 3 is 3.03 bits per heavy atom. The first-order chi connectivity index (χ1) is 14.0. The molecule has 1 saturated heterocycles. The van der Waals surface area contributed by atoms with Gasteiger partial charge in [0.2, 0.25) is 0 Å². The van der Waals surface area contributed by atoms with E-state index in [9.17, 15) is 9.18 Å². The fraction of sp³-hybridized carbons (Fsp3) is 0.350. The van der Waals surface area contributed by atoms with Crippen molar-refractivity contribution in [3.8, 4) is 0 Å². The highest BCUT2D eigenvalue weighted by Gasteiger charge is 2.24. The van der Waals surface area contributed by atoms with E-state index < -0.39 is 0 Å². The van der Waals surface area contributed by atoms with E-state index in [2.05, 4.69) is 31.3 Å². The molecule has 0 bridgehead atoms. The number of aromatic nitrogens is 3. The summed E-state index contributed by atoms with van der Waals surface area (Å²) in [6, 6.07) is 6.55. The smallest absolute Gasteiger partial charge is 0.268 e. The molecule has 0 radical (unpaired) electrons. The Morgan fingerprint density at radius 1 is 1.45 bits per heavy atom. The highest BCUT2D eigenvalue weighted by Crippen LogP contribution is 2.31. The van der Waals surface area contributed by atoms with Crippen LogP contribution in [-0.2, 0) is 11.3 Å². The number of nitrogens with zero attached hydrogens (tertiary/aromatic N) is 3. The number of ether oxygens (including phenoxy) is 1. The van der Waals surface area contributed by atoms with Crippen LogP contribution >= 0.6 is 27.3 Å². The molecule has 6 nitrogen and oxygen atoms in total. The molecule has 1 aromatic carbocycles. The zero-order valence-electron chi connectivity index (χ0n) is 15.8. The second-order valence-electron chi connectivity index (χ2n) is 6.95. The van der Waals surface area contributed by atoms with Crippen molar-refractivity contribution in [1.29, 1.82) is 0 Å². The van der Waals surface area contributed by atoms with E-state index >= 15 is 0 Å². The molecule has 1 N–H and O–H groups in total. The Morgan fingerprint density at radius 2 is 2.28 bits per heavy atom. The van der Waals surface area contributed by atoms with Gasteiger partial charge in [0.05, 0.1) is 28.3 Å². The SMILES string of the molecule is Cc1nc(C2CCCOC2)sc1C(=O)Nc1nn(Cc2ccccc2F)cc1Br. The van der Waals surface area contributed by atoms with E-state index in [1.807, 2.05) is 6.92 Å². The van der Waals surface area contributed by atoms with Crippen LogP contribution in [0.4, 0.5) is 10.2 Å². The summed E-state index contributed by atoms with van der Waals surface area (Å²) < 4.78 is 21.6. The van der Waals surface area contributed by atoms with Crippen molar-refractivity contribution in [2.75, 3.05) is 18.5 Å². The van der Waals surface area contributed by atoms with Crippen LogP contribution < -0.4 is 5.32 Å². The average Bonchev–Trinajstić information content (AvgIpc) is 3.27. The summed E-state index contributed by atoms with van der Waals surface area (Å²) in [6.45, 7) is 3.55. The number of amides is 1. The lowest BCUT2D eigenvalue weighted by atomic mass is 10.0. The van der Waals surface area contributed by atoms with E-state index in [4.69, 9.17) is 4.74 Å². The van der Waals surface area contributed by atoms with Crippen molar-refractivity contribution in [2.45, 2.75) is 32.2 Å². The van der Waals surface area contributed by atoms with Gasteiger partial charge >= 0.3 is 0 Å². The van der Waals surface area contributed by atoms with Gasteiger partial charge in [-0.2, -0.15) is 5.10 Å². The minimum Gasteiger partial charge on any atom is -0.381 e. The van der Waals surface area contributed by atoms with Crippen molar-refractivity contribution in [3.05, 3.63) is 61.9 Å². The van der Waals surface area contributed by atoms with Crippen molar-refractivity contribution in [3.63, 3.8) is 0 Å². The number of hydrogen-bond acceptors (Lipinski definition) is 5. The van der Waals surface area contributed by atoms with E-state index in [1.54, 1.807) is 29.1 Å². The monoisotopic (exact) mass is 478 g/mol. The first kappa shape index (κ1) is 20.2. The van der Waals surface area contributed by atoms with Gasteiger partial charge in [0, 0.05) is 24.3 Å². The summed E-state index contributed by atoms with van der Waals surface area (Å²) >= 11 is 4.82. The molecule has 2 aromatic heterocycles. The maximum Gasteiger partial charge on any atom is 0.268 e. The van der Waals surface area contributed by atoms with E-state index in [0.29, 0.717) is 33.0 Å². The van der Waals surface area contributed by atoms with Gasteiger partial charge in [0.1, 0.15) is 10.7 Å². The second kappa shape index (κ2) is 8.73. The fourth-order valence-corrected chi connectivity index (χ4v) is 4.76. The maximum atomic E-state index is 13.9. The van der Waals surface area contributed by atoms with Gasteiger partial charge in [-0.15, -0.1) is 11.3 Å². The Hall–Kier alpha value is -2.10. The lowest BCUT2D eigenvalue weighted by molar-refractivity contribution is 0.0803. The summed E-state index contributed by atoms with van der Waals surface area (Å²) in [4.78, 5) is 18.0. The molecule has 9 heteroatoms. The first-order valence-electron chi connectivity index (χ1n) is 9.34. The minimum atomic E-state index is -0.288. The van der Waals surface area contributed by atoms with Gasteiger partial charge in [-0.3, -0.25) is 9.48 Å². The number of benzene rings is 1. The predicted octanol–water partition coefficient (Wildman–Crippen LogP) is 4.74. The van der Waals surface area contributed by atoms with Gasteiger partial charge in [-0.1, -0.05) is 18.2 Å². The van der Waals surface area contributed by atoms with Gasteiger partial charge in [0.25, 0.3) is 5.91 Å². The van der Waals surface area contributed by atoms with E-state index in [1.165, 1.54) is 17.4 Å². The topological polar surface area (TPSA) is 69.0 Å². The number of anilines is 1. The minimum absolute atomic E-state index is 0.250. The van der Waals surface area contributed by atoms with Crippen LogP contribution in [0.15, 0.2) is 34.9 Å². The van der Waals surface area contributed by atoms with E-state index in [0.717, 1.165) is 24.5 Å². The molecule has 3 heterocycles. The molecule has 0 saturated carbocycles. The summed E-state index contributed by atoms with van der Waals surface area (Å²) in [7, 11) is 0. The van der Waals surface area contributed by atoms with Crippen LogP contribution in [0.2, 0.25) is 0 Å². The number of hydrogen-bond donors (Lipinski definition) is 1. The third-order valence-electron chi connectivity index (χ3n) is 4.77. The molecule has 1 amide bonds. The molecule has 4 rings (SSSR count). The second-order valence-corrected chi connectivity index (χ2v) is 8.83. The Labute approximate surface area is 180 Å². The van der Waals surface area contributed by atoms with Gasteiger partial charge in [-0.25, -0.2) is 9.37 Å². The summed E-state index contributed by atoms with van der Waals surface area (Å²) in [5.41, 5.74) is 1.23. The molecule has 29 heavy (non-hydrogen) atoms. The van der Waals surface area contributed by atoms with Crippen LogP contribution in [0.3, 0.4) is 0 Å². The largest absolute Gasteiger partial charge is 0.381 e. The number of aryl methyl sites for hydroxylation is 1. The Bertz CT molecular complexity index is 1030. The highest BCUT2D eigenvalue weighted by atomic mass is 79.9. The molecule has 0 spiro atoms. The van der Waals surface area contributed by atoms with Crippen molar-refractivity contribution < 1.29 is 13.9 Å². The Balaban J connectivity index is 1.48. The van der Waals surface area contributed by atoms with Gasteiger partial charge < -0.3 is 10.1 Å². The lowest BCUT2D eigenvalue weighted by Gasteiger charge is -2.19. The van der Waals surface area contributed by atoms with Crippen LogP contribution in [0.1, 0.15) is 44.7 Å². The third kappa shape index (κ3) is 4.57. The average molecular weight is 479 g/mol. The van der Waals surface area contributed by atoms with Crippen LogP contribution in [0, 0.1) is 12.7 Å². The summed E-state index contributed by atoms with van der Waals surface area (Å²) in [5, 5.41) is 8.15. The fourth-order valence-electron chi connectivity index (χ4n) is 3.27. The van der Waals surface area contributed by atoms with Crippen molar-refractivity contribution in [2.24, 2.45) is 0 Å². The van der Waals surface area contributed by atoms with Gasteiger partial charge in [-0.05, 0) is 41.8 Å². The quantitative estimate of drug-likeness (QED) is 0.574. The molecule has 1 aliphatic rings. The van der Waals surface area contributed by atoms with Crippen molar-refractivity contribution >= 4 is 39.0 Å². The number of carbonyl (C=O) groups is 1.